The molecule has 0 radical (unpaired) electrons. The summed E-state index contributed by atoms with van der Waals surface area (Å²) in [7, 11) is 0. The van der Waals surface area contributed by atoms with E-state index >= 15 is 0 Å². The standard InChI is InChI=1S/C19H9Cl3F6N4O3/c20-10-3-1-8(5-11(10)21)7-31-16(33)14(22)15(19(26,27)28)30-17(31)29-12-4-2-9(18(23,24)25)6-13(12)32(34)35/h1-6H,7H2,(H,29,30). The second kappa shape index (κ2) is 9.55. The third-order valence-electron chi connectivity index (χ3n) is 4.48. The molecule has 0 aliphatic carbocycles. The van der Waals surface area contributed by atoms with E-state index in [1.54, 1.807) is 0 Å². The first kappa shape index (κ1) is 26.6. The van der Waals surface area contributed by atoms with Gasteiger partial charge in [0.15, 0.2) is 5.69 Å². The Morgan fingerprint density at radius 2 is 1.63 bits per heavy atom. The van der Waals surface area contributed by atoms with E-state index in [1.807, 2.05) is 0 Å². The molecule has 0 amide bonds. The molecule has 2 aromatic carbocycles. The molecule has 0 saturated heterocycles. The van der Waals surface area contributed by atoms with Gasteiger partial charge in [0.25, 0.3) is 11.2 Å². The molecule has 1 aromatic heterocycles. The largest absolute Gasteiger partial charge is 0.435 e. The zero-order valence-electron chi connectivity index (χ0n) is 16.6. The van der Waals surface area contributed by atoms with Crippen LogP contribution < -0.4 is 10.9 Å². The normalized spacial score (nSPS) is 12.0. The van der Waals surface area contributed by atoms with Gasteiger partial charge in [-0.25, -0.2) is 4.98 Å². The van der Waals surface area contributed by atoms with Crippen molar-refractivity contribution >= 4 is 52.1 Å². The summed E-state index contributed by atoms with van der Waals surface area (Å²) >= 11 is 17.4. The molecule has 7 nitrogen and oxygen atoms in total. The maximum atomic E-state index is 13.4. The topological polar surface area (TPSA) is 90.1 Å². The van der Waals surface area contributed by atoms with Gasteiger partial charge in [0, 0.05) is 6.07 Å². The van der Waals surface area contributed by atoms with Crippen molar-refractivity contribution in [3.63, 3.8) is 0 Å². The van der Waals surface area contributed by atoms with Crippen LogP contribution in [-0.4, -0.2) is 14.5 Å². The van der Waals surface area contributed by atoms with Crippen LogP contribution in [0.25, 0.3) is 0 Å². The smallest absolute Gasteiger partial charge is 0.320 e. The summed E-state index contributed by atoms with van der Waals surface area (Å²) in [6.07, 6.45) is -10.1. The van der Waals surface area contributed by atoms with Crippen molar-refractivity contribution in [2.24, 2.45) is 0 Å². The van der Waals surface area contributed by atoms with Crippen molar-refractivity contribution in [3.8, 4) is 0 Å². The first-order valence-corrected chi connectivity index (χ1v) is 10.2. The van der Waals surface area contributed by atoms with E-state index in [1.165, 1.54) is 18.2 Å². The predicted molar refractivity (Wildman–Crippen MR) is 115 cm³/mol. The molecule has 0 saturated carbocycles. The average Bonchev–Trinajstić information content (AvgIpc) is 2.74. The van der Waals surface area contributed by atoms with E-state index in [0.29, 0.717) is 16.7 Å². The number of rotatable bonds is 5. The molecule has 1 N–H and O–H groups in total. The van der Waals surface area contributed by atoms with Crippen LogP contribution in [0, 0.1) is 10.1 Å². The van der Waals surface area contributed by atoms with E-state index < -0.39 is 63.0 Å². The number of halogens is 9. The van der Waals surface area contributed by atoms with E-state index in [4.69, 9.17) is 34.8 Å². The minimum atomic E-state index is -5.19. The lowest BCUT2D eigenvalue weighted by Crippen LogP contribution is -2.29. The monoisotopic (exact) mass is 560 g/mol. The summed E-state index contributed by atoms with van der Waals surface area (Å²) in [5, 5.41) is 12.4. The van der Waals surface area contributed by atoms with Crippen molar-refractivity contribution < 1.29 is 31.3 Å². The van der Waals surface area contributed by atoms with Crippen molar-refractivity contribution in [1.29, 1.82) is 0 Å². The van der Waals surface area contributed by atoms with Gasteiger partial charge in [0.2, 0.25) is 5.95 Å². The summed E-state index contributed by atoms with van der Waals surface area (Å²) in [4.78, 5) is 26.2. The van der Waals surface area contributed by atoms with Gasteiger partial charge >= 0.3 is 12.4 Å². The Morgan fingerprint density at radius 3 is 2.17 bits per heavy atom. The Bertz CT molecular complexity index is 1380. The van der Waals surface area contributed by atoms with Crippen molar-refractivity contribution in [1.82, 2.24) is 9.55 Å². The van der Waals surface area contributed by atoms with E-state index in [-0.39, 0.29) is 21.7 Å². The molecule has 0 aliphatic rings. The fraction of sp³-hybridized carbons (Fsp3) is 0.158. The lowest BCUT2D eigenvalue weighted by atomic mass is 10.1. The number of alkyl halides is 6. The van der Waals surface area contributed by atoms with Gasteiger partial charge in [-0.3, -0.25) is 19.5 Å². The van der Waals surface area contributed by atoms with Crippen LogP contribution in [-0.2, 0) is 18.9 Å². The molecule has 3 aromatic rings. The highest BCUT2D eigenvalue weighted by Crippen LogP contribution is 2.37. The molecular weight excluding hydrogens is 553 g/mol. The number of nitrogens with one attached hydrogen (secondary N) is 1. The summed E-state index contributed by atoms with van der Waals surface area (Å²) in [6.45, 7) is -0.475. The van der Waals surface area contributed by atoms with Crippen LogP contribution in [0.3, 0.4) is 0 Å². The number of benzene rings is 2. The number of aromatic nitrogens is 2. The molecule has 0 fully saturated rings. The number of anilines is 2. The van der Waals surface area contributed by atoms with Crippen LogP contribution in [0.2, 0.25) is 15.1 Å². The Labute approximate surface area is 206 Å². The van der Waals surface area contributed by atoms with Crippen molar-refractivity contribution in [2.75, 3.05) is 5.32 Å². The average molecular weight is 562 g/mol. The number of nitrogens with zero attached hydrogens (tertiary/aromatic N) is 3. The molecule has 3 rings (SSSR count). The molecule has 186 valence electrons. The summed E-state index contributed by atoms with van der Waals surface area (Å²) in [5.41, 5.74) is -6.08. The fourth-order valence-electron chi connectivity index (χ4n) is 2.87. The molecule has 35 heavy (non-hydrogen) atoms. The first-order valence-electron chi connectivity index (χ1n) is 9.03. The molecule has 1 heterocycles. The lowest BCUT2D eigenvalue weighted by molar-refractivity contribution is -0.384. The van der Waals surface area contributed by atoms with Gasteiger partial charge in [-0.1, -0.05) is 40.9 Å². The molecule has 0 atom stereocenters. The van der Waals surface area contributed by atoms with Crippen LogP contribution in [0.15, 0.2) is 41.2 Å². The lowest BCUT2D eigenvalue weighted by Gasteiger charge is -2.18. The quantitative estimate of drug-likeness (QED) is 0.207. The number of hydrogen-bond acceptors (Lipinski definition) is 5. The Morgan fingerprint density at radius 1 is 0.971 bits per heavy atom. The van der Waals surface area contributed by atoms with Crippen LogP contribution in [0.1, 0.15) is 16.8 Å². The molecule has 0 unspecified atom stereocenters. The van der Waals surface area contributed by atoms with Gasteiger partial charge < -0.3 is 5.32 Å². The Balaban J connectivity index is 2.21. The second-order valence-corrected chi connectivity index (χ2v) is 8.04. The van der Waals surface area contributed by atoms with Crippen molar-refractivity contribution in [3.05, 3.63) is 88.8 Å². The zero-order valence-corrected chi connectivity index (χ0v) is 18.9. The highest BCUT2D eigenvalue weighted by molar-refractivity contribution is 6.42. The Hall–Kier alpha value is -3.03. The zero-order chi connectivity index (χ0) is 26.3. The highest BCUT2D eigenvalue weighted by atomic mass is 35.5. The van der Waals surface area contributed by atoms with Crippen LogP contribution in [0.4, 0.5) is 43.7 Å². The van der Waals surface area contributed by atoms with E-state index in [0.717, 1.165) is 0 Å². The van der Waals surface area contributed by atoms with Crippen LogP contribution in [0.5, 0.6) is 0 Å². The van der Waals surface area contributed by atoms with E-state index in [9.17, 15) is 41.3 Å². The summed E-state index contributed by atoms with van der Waals surface area (Å²) < 4.78 is 79.8. The maximum absolute atomic E-state index is 13.4. The molecule has 16 heteroatoms. The third-order valence-corrected chi connectivity index (χ3v) is 5.56. The third kappa shape index (κ3) is 5.80. The minimum Gasteiger partial charge on any atom is -0.320 e. The Kier molecular flexibility index (Phi) is 7.25. The van der Waals surface area contributed by atoms with Crippen molar-refractivity contribution in [2.45, 2.75) is 18.9 Å². The van der Waals surface area contributed by atoms with Gasteiger partial charge in [0.05, 0.1) is 27.1 Å². The molecule has 0 aliphatic heterocycles. The second-order valence-electron chi connectivity index (χ2n) is 6.85. The van der Waals surface area contributed by atoms with Gasteiger partial charge in [-0.15, -0.1) is 0 Å². The van der Waals surface area contributed by atoms with Gasteiger partial charge in [-0.05, 0) is 29.8 Å². The fourth-order valence-corrected chi connectivity index (χ4v) is 3.44. The summed E-state index contributed by atoms with van der Waals surface area (Å²) in [6, 6.07) is 5.31. The van der Waals surface area contributed by atoms with Gasteiger partial charge in [-0.2, -0.15) is 26.3 Å². The van der Waals surface area contributed by atoms with Gasteiger partial charge in [0.1, 0.15) is 10.7 Å². The number of hydrogen-bond donors (Lipinski definition) is 1. The predicted octanol–water partition coefficient (Wildman–Crippen LogP) is 6.94. The number of nitro benzene ring substituents is 1. The maximum Gasteiger partial charge on any atom is 0.435 e. The highest BCUT2D eigenvalue weighted by Gasteiger charge is 2.38. The molecule has 0 spiro atoms. The SMILES string of the molecule is O=c1c(Cl)c(C(F)(F)F)nc(Nc2ccc(C(F)(F)F)cc2[N+](=O)[O-])n1Cc1ccc(Cl)c(Cl)c1. The molecule has 0 bridgehead atoms. The minimum absolute atomic E-state index is 0.0519. The summed E-state index contributed by atoms with van der Waals surface area (Å²) in [5.74, 6) is -0.874. The van der Waals surface area contributed by atoms with Crippen LogP contribution >= 0.6 is 34.8 Å². The molecular formula is C19H9Cl3F6N4O3. The first-order chi connectivity index (χ1) is 16.1. The van der Waals surface area contributed by atoms with E-state index in [2.05, 4.69) is 10.3 Å². The number of nitro groups is 1.